The van der Waals surface area contributed by atoms with Gasteiger partial charge in [-0.3, -0.25) is 4.98 Å². The maximum Gasteiger partial charge on any atom is 0.196 e. The van der Waals surface area contributed by atoms with Crippen LogP contribution in [0.4, 0.5) is 15.9 Å². The Morgan fingerprint density at radius 2 is 1.96 bits per heavy atom. The van der Waals surface area contributed by atoms with Crippen LogP contribution in [0, 0.1) is 5.82 Å². The summed E-state index contributed by atoms with van der Waals surface area (Å²) in [5.74, 6) is 0.530. The molecule has 0 radical (unpaired) electrons. The highest BCUT2D eigenvalue weighted by molar-refractivity contribution is 7.91. The quantitative estimate of drug-likeness (QED) is 0.162. The Balaban J connectivity index is 1.19. The summed E-state index contributed by atoms with van der Waals surface area (Å²) in [6, 6.07) is 17.8. The van der Waals surface area contributed by atoms with Crippen molar-refractivity contribution in [2.24, 2.45) is 0 Å². The molecule has 4 heterocycles. The van der Waals surface area contributed by atoms with E-state index in [1.54, 1.807) is 54.9 Å². The SMILES string of the molecule is CC(NCCS(=O)(=O)c1ccccn1)C1(c2cc3c(Nc4ccc(OCc5cccc(F)c5)c(Cl)c4)ncnc3cn2)CC=CO1. The second-order valence-electron chi connectivity index (χ2n) is 10.7. The number of rotatable bonds is 12. The van der Waals surface area contributed by atoms with Crippen molar-refractivity contribution in [2.75, 3.05) is 17.6 Å². The van der Waals surface area contributed by atoms with E-state index in [4.69, 9.17) is 26.1 Å². The smallest absolute Gasteiger partial charge is 0.196 e. The van der Waals surface area contributed by atoms with Gasteiger partial charge >= 0.3 is 0 Å². The standard InChI is InChI=1S/C33H30ClFN6O4S/c1-22(36-13-15-46(42,43)31-8-2-3-12-37-31)33(11-5-14-45-33)30-18-26-28(19-38-30)39-21-40-32(26)41-25-9-10-29(27(34)17-25)44-20-23-6-4-7-24(35)16-23/h2-10,12,14,16-19,21-22,36H,11,13,15,20H2,1H3,(H,39,40,41). The Hall–Kier alpha value is -4.65. The van der Waals surface area contributed by atoms with E-state index in [1.165, 1.54) is 30.7 Å². The van der Waals surface area contributed by atoms with Gasteiger partial charge in [-0.05, 0) is 67.1 Å². The van der Waals surface area contributed by atoms with Crippen molar-refractivity contribution < 1.29 is 22.3 Å². The molecule has 13 heteroatoms. The van der Waals surface area contributed by atoms with Crippen molar-refractivity contribution in [3.8, 4) is 5.75 Å². The number of pyridine rings is 2. The molecule has 2 aromatic carbocycles. The molecule has 1 aliphatic rings. The highest BCUT2D eigenvalue weighted by Crippen LogP contribution is 2.39. The lowest BCUT2D eigenvalue weighted by Crippen LogP contribution is -2.48. The third kappa shape index (κ3) is 6.79. The maximum absolute atomic E-state index is 13.5. The lowest BCUT2D eigenvalue weighted by molar-refractivity contribution is 0.00504. The molecule has 0 saturated carbocycles. The number of aromatic nitrogens is 4. The maximum atomic E-state index is 13.5. The largest absolute Gasteiger partial charge is 0.487 e. The number of fused-ring (bicyclic) bond motifs is 1. The van der Waals surface area contributed by atoms with Crippen molar-refractivity contribution >= 4 is 43.8 Å². The van der Waals surface area contributed by atoms with Gasteiger partial charge in [0.25, 0.3) is 0 Å². The number of hydrogen-bond donors (Lipinski definition) is 2. The summed E-state index contributed by atoms with van der Waals surface area (Å²) in [6.07, 6.45) is 8.64. The Morgan fingerprint density at radius 3 is 2.72 bits per heavy atom. The number of halogens is 2. The Kier molecular flexibility index (Phi) is 9.11. The van der Waals surface area contributed by atoms with Gasteiger partial charge in [0, 0.05) is 30.2 Å². The van der Waals surface area contributed by atoms with Crippen LogP contribution in [0.5, 0.6) is 5.75 Å². The van der Waals surface area contributed by atoms with Crippen LogP contribution < -0.4 is 15.4 Å². The third-order valence-corrected chi connectivity index (χ3v) is 9.62. The lowest BCUT2D eigenvalue weighted by atomic mass is 9.87. The lowest BCUT2D eigenvalue weighted by Gasteiger charge is -2.35. The molecule has 1 aliphatic heterocycles. The molecule has 5 aromatic rings. The summed E-state index contributed by atoms with van der Waals surface area (Å²) in [6.45, 7) is 2.30. The number of sulfone groups is 1. The van der Waals surface area contributed by atoms with E-state index in [-0.39, 0.29) is 35.8 Å². The van der Waals surface area contributed by atoms with E-state index < -0.39 is 15.4 Å². The summed E-state index contributed by atoms with van der Waals surface area (Å²) >= 11 is 6.53. The Bertz CT molecular complexity index is 1990. The van der Waals surface area contributed by atoms with Crippen LogP contribution in [0.15, 0.2) is 103 Å². The number of nitrogens with zero attached hydrogens (tertiary/aromatic N) is 4. The zero-order chi connectivity index (χ0) is 32.1. The summed E-state index contributed by atoms with van der Waals surface area (Å²) < 4.78 is 51.0. The van der Waals surface area contributed by atoms with Gasteiger partial charge in [0.15, 0.2) is 20.5 Å². The van der Waals surface area contributed by atoms with Gasteiger partial charge in [-0.2, -0.15) is 0 Å². The summed E-state index contributed by atoms with van der Waals surface area (Å²) in [5, 5.41) is 7.75. The van der Waals surface area contributed by atoms with Crippen molar-refractivity contribution in [3.05, 3.63) is 120 Å². The molecule has 3 aromatic heterocycles. The van der Waals surface area contributed by atoms with Crippen LogP contribution in [-0.4, -0.2) is 46.7 Å². The molecule has 0 amide bonds. The fourth-order valence-corrected chi connectivity index (χ4v) is 6.57. The van der Waals surface area contributed by atoms with Crippen molar-refractivity contribution in [2.45, 2.75) is 36.6 Å². The van der Waals surface area contributed by atoms with Crippen LogP contribution in [-0.2, 0) is 26.8 Å². The molecule has 2 N–H and O–H groups in total. The fraction of sp³-hybridized carbons (Fsp3) is 0.212. The molecule has 2 atom stereocenters. The number of hydrogen-bond acceptors (Lipinski definition) is 10. The highest BCUT2D eigenvalue weighted by Gasteiger charge is 2.42. The molecule has 10 nitrogen and oxygen atoms in total. The van der Waals surface area contributed by atoms with E-state index in [9.17, 15) is 12.8 Å². The van der Waals surface area contributed by atoms with Gasteiger partial charge in [-0.1, -0.05) is 29.8 Å². The van der Waals surface area contributed by atoms with Crippen LogP contribution >= 0.6 is 11.6 Å². The van der Waals surface area contributed by atoms with Gasteiger partial charge in [-0.25, -0.2) is 27.8 Å². The fourth-order valence-electron chi connectivity index (χ4n) is 5.23. The first-order chi connectivity index (χ1) is 22.2. The first kappa shape index (κ1) is 31.3. The van der Waals surface area contributed by atoms with Crippen LogP contribution in [0.25, 0.3) is 10.9 Å². The van der Waals surface area contributed by atoms with Gasteiger partial charge in [0.2, 0.25) is 0 Å². The molecule has 46 heavy (non-hydrogen) atoms. The average molecular weight is 661 g/mol. The molecule has 0 bridgehead atoms. The molecular weight excluding hydrogens is 631 g/mol. The molecule has 236 valence electrons. The zero-order valence-corrected chi connectivity index (χ0v) is 26.3. The summed E-state index contributed by atoms with van der Waals surface area (Å²) in [4.78, 5) is 17.5. The van der Waals surface area contributed by atoms with Crippen LogP contribution in [0.3, 0.4) is 0 Å². The predicted molar refractivity (Wildman–Crippen MR) is 173 cm³/mol. The van der Waals surface area contributed by atoms with Crippen molar-refractivity contribution in [1.29, 1.82) is 0 Å². The van der Waals surface area contributed by atoms with E-state index in [1.807, 2.05) is 19.1 Å². The van der Waals surface area contributed by atoms with E-state index in [2.05, 4.69) is 25.6 Å². The third-order valence-electron chi connectivity index (χ3n) is 7.71. The zero-order valence-electron chi connectivity index (χ0n) is 24.7. The first-order valence-corrected chi connectivity index (χ1v) is 16.5. The minimum absolute atomic E-state index is 0.0431. The molecule has 2 unspecified atom stereocenters. The Morgan fingerprint density at radius 1 is 1.07 bits per heavy atom. The van der Waals surface area contributed by atoms with Gasteiger partial charge in [0.1, 0.15) is 30.3 Å². The topological polar surface area (TPSA) is 128 Å². The molecular formula is C33H30ClFN6O4S. The number of benzene rings is 2. The Labute approximate surface area is 270 Å². The number of ether oxygens (including phenoxy) is 2. The number of anilines is 2. The normalized spacial score (nSPS) is 16.7. The van der Waals surface area contributed by atoms with E-state index >= 15 is 0 Å². The molecule has 0 spiro atoms. The van der Waals surface area contributed by atoms with Crippen LogP contribution in [0.2, 0.25) is 5.02 Å². The van der Waals surface area contributed by atoms with Gasteiger partial charge < -0.3 is 20.1 Å². The van der Waals surface area contributed by atoms with Crippen LogP contribution in [0.1, 0.15) is 24.6 Å². The highest BCUT2D eigenvalue weighted by atomic mass is 35.5. The monoisotopic (exact) mass is 660 g/mol. The second kappa shape index (κ2) is 13.4. The predicted octanol–water partition coefficient (Wildman–Crippen LogP) is 6.12. The molecule has 0 saturated heterocycles. The summed E-state index contributed by atoms with van der Waals surface area (Å²) in [7, 11) is -3.55. The summed E-state index contributed by atoms with van der Waals surface area (Å²) in [5.41, 5.74) is 1.72. The molecule has 0 fully saturated rings. The first-order valence-electron chi connectivity index (χ1n) is 14.5. The average Bonchev–Trinajstić information content (AvgIpc) is 3.56. The van der Waals surface area contributed by atoms with E-state index in [0.717, 1.165) is 0 Å². The molecule has 6 rings (SSSR count). The van der Waals surface area contributed by atoms with Gasteiger partial charge in [-0.15, -0.1) is 0 Å². The second-order valence-corrected chi connectivity index (χ2v) is 13.2. The van der Waals surface area contributed by atoms with Crippen molar-refractivity contribution in [3.63, 3.8) is 0 Å². The minimum atomic E-state index is -3.55. The van der Waals surface area contributed by atoms with Crippen molar-refractivity contribution in [1.82, 2.24) is 25.3 Å². The minimum Gasteiger partial charge on any atom is -0.487 e. The van der Waals surface area contributed by atoms with E-state index in [0.29, 0.717) is 50.9 Å². The molecule has 0 aliphatic carbocycles. The number of nitrogens with one attached hydrogen (secondary N) is 2. The van der Waals surface area contributed by atoms with Gasteiger partial charge in [0.05, 0.1) is 40.5 Å².